The highest BCUT2D eigenvalue weighted by Crippen LogP contribution is 2.26. The third-order valence-electron chi connectivity index (χ3n) is 3.36. The van der Waals surface area contributed by atoms with E-state index < -0.39 is 11.6 Å². The molecular formula is C15H18ClF2N3. The lowest BCUT2D eigenvalue weighted by atomic mass is 10.0. The van der Waals surface area contributed by atoms with Crippen LogP contribution in [0.2, 0.25) is 5.02 Å². The Hall–Kier alpha value is -1.46. The number of halogens is 3. The van der Waals surface area contributed by atoms with Crippen LogP contribution in [0, 0.1) is 11.6 Å². The Balaban J connectivity index is 2.31. The van der Waals surface area contributed by atoms with Gasteiger partial charge in [0.15, 0.2) is 0 Å². The third kappa shape index (κ3) is 3.80. The molecule has 2 aromatic rings. The zero-order valence-corrected chi connectivity index (χ0v) is 12.8. The van der Waals surface area contributed by atoms with Crippen LogP contribution in [-0.4, -0.2) is 16.1 Å². The quantitative estimate of drug-likeness (QED) is 0.825. The Morgan fingerprint density at radius 2 is 2.10 bits per heavy atom. The molecule has 1 aromatic heterocycles. The topological polar surface area (TPSA) is 29.9 Å². The number of rotatable bonds is 6. The smallest absolute Gasteiger partial charge is 0.142 e. The summed E-state index contributed by atoms with van der Waals surface area (Å²) < 4.78 is 29.6. The van der Waals surface area contributed by atoms with Crippen molar-refractivity contribution in [2.45, 2.75) is 25.8 Å². The van der Waals surface area contributed by atoms with Crippen molar-refractivity contribution in [3.63, 3.8) is 0 Å². The number of hydrogen-bond acceptors (Lipinski definition) is 2. The molecule has 0 bridgehead atoms. The Kier molecular flexibility index (Phi) is 5.31. The van der Waals surface area contributed by atoms with E-state index >= 15 is 0 Å². The first-order valence-corrected chi connectivity index (χ1v) is 7.24. The molecule has 0 aliphatic carbocycles. The largest absolute Gasteiger partial charge is 0.338 e. The molecule has 3 nitrogen and oxygen atoms in total. The van der Waals surface area contributed by atoms with Crippen molar-refractivity contribution in [3.8, 4) is 0 Å². The maximum absolute atomic E-state index is 14.1. The lowest BCUT2D eigenvalue weighted by Gasteiger charge is -2.20. The third-order valence-corrected chi connectivity index (χ3v) is 3.65. The van der Waals surface area contributed by atoms with Crippen molar-refractivity contribution in [1.29, 1.82) is 0 Å². The SMILES string of the molecule is CCCNC(Cc1nccn1C)c1cc(F)c(Cl)cc1F. The summed E-state index contributed by atoms with van der Waals surface area (Å²) in [5, 5.41) is 3.03. The number of nitrogens with zero attached hydrogens (tertiary/aromatic N) is 2. The highest BCUT2D eigenvalue weighted by atomic mass is 35.5. The van der Waals surface area contributed by atoms with Gasteiger partial charge in [0.05, 0.1) is 5.02 Å². The minimum Gasteiger partial charge on any atom is -0.338 e. The Labute approximate surface area is 128 Å². The maximum Gasteiger partial charge on any atom is 0.142 e. The monoisotopic (exact) mass is 313 g/mol. The van der Waals surface area contributed by atoms with Crippen molar-refractivity contribution in [1.82, 2.24) is 14.9 Å². The summed E-state index contributed by atoms with van der Waals surface area (Å²) in [6.45, 7) is 2.72. The highest BCUT2D eigenvalue weighted by Gasteiger charge is 2.20. The second-order valence-electron chi connectivity index (χ2n) is 4.95. The van der Waals surface area contributed by atoms with Crippen LogP contribution >= 0.6 is 11.6 Å². The lowest BCUT2D eigenvalue weighted by molar-refractivity contribution is 0.479. The van der Waals surface area contributed by atoms with Crippen molar-refractivity contribution < 1.29 is 8.78 Å². The number of hydrogen-bond donors (Lipinski definition) is 1. The van der Waals surface area contributed by atoms with Crippen LogP contribution in [0.1, 0.15) is 30.8 Å². The Morgan fingerprint density at radius 3 is 2.71 bits per heavy atom. The molecule has 1 aromatic carbocycles. The minimum absolute atomic E-state index is 0.206. The van der Waals surface area contributed by atoms with Gasteiger partial charge in [0, 0.05) is 37.5 Å². The van der Waals surface area contributed by atoms with Gasteiger partial charge in [-0.15, -0.1) is 0 Å². The van der Waals surface area contributed by atoms with E-state index in [9.17, 15) is 8.78 Å². The van der Waals surface area contributed by atoms with Crippen LogP contribution in [0.3, 0.4) is 0 Å². The van der Waals surface area contributed by atoms with Gasteiger partial charge in [-0.1, -0.05) is 18.5 Å². The molecule has 0 fully saturated rings. The van der Waals surface area contributed by atoms with Crippen LogP contribution in [0.25, 0.3) is 0 Å². The van der Waals surface area contributed by atoms with E-state index in [2.05, 4.69) is 10.3 Å². The molecule has 0 aliphatic heterocycles. The van der Waals surface area contributed by atoms with Crippen molar-refractivity contribution >= 4 is 11.6 Å². The van der Waals surface area contributed by atoms with E-state index in [0.29, 0.717) is 13.0 Å². The van der Waals surface area contributed by atoms with Crippen LogP contribution in [-0.2, 0) is 13.5 Å². The molecule has 1 atom stereocenters. The summed E-state index contributed by atoms with van der Waals surface area (Å²) in [6, 6.07) is 1.83. The van der Waals surface area contributed by atoms with E-state index in [1.165, 1.54) is 0 Å². The molecular weight excluding hydrogens is 296 g/mol. The maximum atomic E-state index is 14.1. The first kappa shape index (κ1) is 15.9. The first-order chi connectivity index (χ1) is 10.0. The molecule has 6 heteroatoms. The van der Waals surface area contributed by atoms with Gasteiger partial charge in [0.25, 0.3) is 0 Å². The van der Waals surface area contributed by atoms with Crippen LogP contribution in [0.15, 0.2) is 24.5 Å². The average Bonchev–Trinajstić information content (AvgIpc) is 2.84. The standard InChI is InChI=1S/C15H18ClF2N3/c1-3-4-19-14(9-15-20-5-6-21(15)2)10-7-13(18)11(16)8-12(10)17/h5-8,14,19H,3-4,9H2,1-2H3. The molecule has 114 valence electrons. The molecule has 0 radical (unpaired) electrons. The molecule has 1 unspecified atom stereocenters. The van der Waals surface area contributed by atoms with Crippen LogP contribution < -0.4 is 5.32 Å². The van der Waals surface area contributed by atoms with Gasteiger partial charge in [-0.3, -0.25) is 0 Å². The predicted molar refractivity (Wildman–Crippen MR) is 79.3 cm³/mol. The molecule has 2 rings (SSSR count). The van der Waals surface area contributed by atoms with E-state index in [1.54, 1.807) is 6.20 Å². The number of imidazole rings is 1. The van der Waals surface area contributed by atoms with Crippen LogP contribution in [0.5, 0.6) is 0 Å². The van der Waals surface area contributed by atoms with Gasteiger partial charge < -0.3 is 9.88 Å². The van der Waals surface area contributed by atoms with E-state index in [0.717, 1.165) is 24.4 Å². The number of aromatic nitrogens is 2. The van der Waals surface area contributed by atoms with Crippen LogP contribution in [0.4, 0.5) is 8.78 Å². The second kappa shape index (κ2) is 7.00. The van der Waals surface area contributed by atoms with Gasteiger partial charge in [-0.2, -0.15) is 0 Å². The van der Waals surface area contributed by atoms with E-state index in [1.807, 2.05) is 24.7 Å². The van der Waals surface area contributed by atoms with Gasteiger partial charge in [-0.25, -0.2) is 13.8 Å². The van der Waals surface area contributed by atoms with E-state index in [-0.39, 0.29) is 16.6 Å². The summed E-state index contributed by atoms with van der Waals surface area (Å²) in [5.41, 5.74) is 0.272. The number of nitrogens with one attached hydrogen (secondary N) is 1. The van der Waals surface area contributed by atoms with Gasteiger partial charge in [-0.05, 0) is 25.1 Å². The molecule has 21 heavy (non-hydrogen) atoms. The molecule has 0 saturated carbocycles. The van der Waals surface area contributed by atoms with Crippen molar-refractivity contribution in [3.05, 3.63) is 52.6 Å². The molecule has 0 aliphatic rings. The zero-order valence-electron chi connectivity index (χ0n) is 12.0. The Morgan fingerprint density at radius 1 is 1.33 bits per heavy atom. The summed E-state index contributed by atoms with van der Waals surface area (Å²) in [5.74, 6) is -0.321. The average molecular weight is 314 g/mol. The zero-order chi connectivity index (χ0) is 15.4. The predicted octanol–water partition coefficient (Wildman–Crippen LogP) is 3.64. The number of benzene rings is 1. The summed E-state index contributed by atoms with van der Waals surface area (Å²) in [7, 11) is 1.87. The fourth-order valence-corrected chi connectivity index (χ4v) is 2.34. The lowest BCUT2D eigenvalue weighted by Crippen LogP contribution is -2.26. The second-order valence-corrected chi connectivity index (χ2v) is 5.36. The highest BCUT2D eigenvalue weighted by molar-refractivity contribution is 6.30. The van der Waals surface area contributed by atoms with Gasteiger partial charge in [0.1, 0.15) is 17.5 Å². The van der Waals surface area contributed by atoms with Crippen molar-refractivity contribution in [2.75, 3.05) is 6.54 Å². The summed E-state index contributed by atoms with van der Waals surface area (Å²) in [4.78, 5) is 4.24. The summed E-state index contributed by atoms with van der Waals surface area (Å²) in [6.07, 6.45) is 4.88. The normalized spacial score (nSPS) is 12.6. The van der Waals surface area contributed by atoms with Gasteiger partial charge in [0.2, 0.25) is 0 Å². The molecule has 1 heterocycles. The van der Waals surface area contributed by atoms with Crippen molar-refractivity contribution in [2.24, 2.45) is 7.05 Å². The number of aryl methyl sites for hydroxylation is 1. The van der Waals surface area contributed by atoms with E-state index in [4.69, 9.17) is 11.6 Å². The fraction of sp³-hybridized carbons (Fsp3) is 0.400. The molecule has 1 N–H and O–H groups in total. The minimum atomic E-state index is -0.615. The van der Waals surface area contributed by atoms with Gasteiger partial charge >= 0.3 is 0 Å². The molecule has 0 saturated heterocycles. The Bertz CT molecular complexity index is 613. The molecule has 0 amide bonds. The summed E-state index contributed by atoms with van der Waals surface area (Å²) >= 11 is 5.61. The fourth-order valence-electron chi connectivity index (χ4n) is 2.19. The first-order valence-electron chi connectivity index (χ1n) is 6.87. The molecule has 0 spiro atoms.